The average molecular weight is 169 g/mol. The van der Waals surface area contributed by atoms with Gasteiger partial charge in [0.15, 0.2) is 0 Å². The van der Waals surface area contributed by atoms with Gasteiger partial charge in [0.25, 0.3) is 0 Å². The fraction of sp³-hybridized carbons (Fsp3) is 0.900. The molecule has 0 aromatic rings. The number of Topliss-reactive ketones (excluding diaryl/α,β-unsaturated/α-hetero) is 1. The number of ketones is 1. The lowest BCUT2D eigenvalue weighted by molar-refractivity contribution is -0.124. The van der Waals surface area contributed by atoms with Gasteiger partial charge in [-0.2, -0.15) is 0 Å². The van der Waals surface area contributed by atoms with Gasteiger partial charge in [-0.1, -0.05) is 13.8 Å². The number of likely N-dealkylation sites (tertiary alicyclic amines) is 1. The second-order valence-corrected chi connectivity index (χ2v) is 3.55. The van der Waals surface area contributed by atoms with E-state index in [1.807, 2.05) is 6.92 Å². The SMILES string of the molecule is CCC(=O)C1CCCN(CC)C1. The lowest BCUT2D eigenvalue weighted by Gasteiger charge is -2.30. The highest BCUT2D eigenvalue weighted by molar-refractivity contribution is 5.80. The summed E-state index contributed by atoms with van der Waals surface area (Å²) in [6.07, 6.45) is 3.02. The number of piperidine rings is 1. The highest BCUT2D eigenvalue weighted by atomic mass is 16.1. The molecule has 0 aliphatic carbocycles. The largest absolute Gasteiger partial charge is 0.303 e. The fourth-order valence-electron chi connectivity index (χ4n) is 1.89. The van der Waals surface area contributed by atoms with Crippen LogP contribution in [0, 0.1) is 5.92 Å². The van der Waals surface area contributed by atoms with Gasteiger partial charge >= 0.3 is 0 Å². The van der Waals surface area contributed by atoms with E-state index in [-0.39, 0.29) is 0 Å². The van der Waals surface area contributed by atoms with Crippen LogP contribution in [0.2, 0.25) is 0 Å². The lowest BCUT2D eigenvalue weighted by atomic mass is 9.93. The minimum atomic E-state index is 0.337. The summed E-state index contributed by atoms with van der Waals surface area (Å²) in [7, 11) is 0. The van der Waals surface area contributed by atoms with E-state index in [0.717, 1.165) is 19.5 Å². The summed E-state index contributed by atoms with van der Waals surface area (Å²) in [6, 6.07) is 0. The van der Waals surface area contributed by atoms with E-state index in [1.54, 1.807) is 0 Å². The van der Waals surface area contributed by atoms with Gasteiger partial charge in [-0.25, -0.2) is 0 Å². The van der Waals surface area contributed by atoms with Gasteiger partial charge in [-0.05, 0) is 25.9 Å². The van der Waals surface area contributed by atoms with Crippen molar-refractivity contribution in [2.24, 2.45) is 5.92 Å². The Morgan fingerprint density at radius 1 is 1.50 bits per heavy atom. The molecule has 1 rings (SSSR count). The van der Waals surface area contributed by atoms with Gasteiger partial charge in [0.05, 0.1) is 0 Å². The van der Waals surface area contributed by atoms with Crippen LogP contribution < -0.4 is 0 Å². The fourth-order valence-corrected chi connectivity index (χ4v) is 1.89. The van der Waals surface area contributed by atoms with E-state index >= 15 is 0 Å². The summed E-state index contributed by atoms with van der Waals surface area (Å²) in [5.74, 6) is 0.789. The van der Waals surface area contributed by atoms with E-state index in [0.29, 0.717) is 18.1 Å². The predicted molar refractivity (Wildman–Crippen MR) is 50.1 cm³/mol. The Labute approximate surface area is 74.9 Å². The summed E-state index contributed by atoms with van der Waals surface area (Å²) in [6.45, 7) is 7.41. The first kappa shape index (κ1) is 9.72. The molecule has 0 amide bonds. The Morgan fingerprint density at radius 3 is 2.83 bits per heavy atom. The van der Waals surface area contributed by atoms with Crippen molar-refractivity contribution in [1.29, 1.82) is 0 Å². The Morgan fingerprint density at radius 2 is 2.25 bits per heavy atom. The van der Waals surface area contributed by atoms with Gasteiger partial charge in [0.2, 0.25) is 0 Å². The first-order valence-corrected chi connectivity index (χ1v) is 5.03. The molecule has 0 saturated carbocycles. The van der Waals surface area contributed by atoms with Crippen molar-refractivity contribution in [3.8, 4) is 0 Å². The molecule has 1 aliphatic rings. The first-order valence-electron chi connectivity index (χ1n) is 5.03. The molecule has 0 radical (unpaired) electrons. The maximum atomic E-state index is 11.4. The molecule has 1 fully saturated rings. The van der Waals surface area contributed by atoms with Gasteiger partial charge in [-0.15, -0.1) is 0 Å². The Kier molecular flexibility index (Phi) is 3.73. The van der Waals surface area contributed by atoms with E-state index in [9.17, 15) is 4.79 Å². The third-order valence-corrected chi connectivity index (χ3v) is 2.76. The molecule has 1 saturated heterocycles. The molecule has 0 spiro atoms. The summed E-state index contributed by atoms with van der Waals surface area (Å²) >= 11 is 0. The van der Waals surface area contributed by atoms with Crippen LogP contribution in [0.1, 0.15) is 33.1 Å². The number of hydrogen-bond donors (Lipinski definition) is 0. The maximum Gasteiger partial charge on any atom is 0.136 e. The second kappa shape index (κ2) is 4.61. The van der Waals surface area contributed by atoms with Gasteiger partial charge < -0.3 is 4.90 Å². The Hall–Kier alpha value is -0.370. The van der Waals surface area contributed by atoms with E-state index in [1.165, 1.54) is 13.0 Å². The summed E-state index contributed by atoms with van der Waals surface area (Å²) in [5, 5.41) is 0. The van der Waals surface area contributed by atoms with Crippen LogP contribution in [0.25, 0.3) is 0 Å². The Balaban J connectivity index is 2.40. The van der Waals surface area contributed by atoms with Crippen molar-refractivity contribution >= 4 is 5.78 Å². The van der Waals surface area contributed by atoms with Crippen molar-refractivity contribution in [2.75, 3.05) is 19.6 Å². The van der Waals surface area contributed by atoms with Gasteiger partial charge in [0.1, 0.15) is 5.78 Å². The standard InChI is InChI=1S/C10H19NO/c1-3-10(12)9-6-5-7-11(4-2)8-9/h9H,3-8H2,1-2H3. The van der Waals surface area contributed by atoms with E-state index in [2.05, 4.69) is 11.8 Å². The van der Waals surface area contributed by atoms with E-state index < -0.39 is 0 Å². The average Bonchev–Trinajstić information content (AvgIpc) is 2.17. The molecule has 2 nitrogen and oxygen atoms in total. The maximum absolute atomic E-state index is 11.4. The third kappa shape index (κ3) is 2.31. The van der Waals surface area contributed by atoms with Crippen molar-refractivity contribution in [3.63, 3.8) is 0 Å². The van der Waals surface area contributed by atoms with Crippen LogP contribution >= 0.6 is 0 Å². The minimum absolute atomic E-state index is 0.337. The number of nitrogens with zero attached hydrogens (tertiary/aromatic N) is 1. The van der Waals surface area contributed by atoms with Crippen molar-refractivity contribution in [3.05, 3.63) is 0 Å². The van der Waals surface area contributed by atoms with Crippen LogP contribution in [0.4, 0.5) is 0 Å². The predicted octanol–water partition coefficient (Wildman–Crippen LogP) is 1.70. The smallest absolute Gasteiger partial charge is 0.136 e. The molecule has 0 aromatic carbocycles. The van der Waals surface area contributed by atoms with E-state index in [4.69, 9.17) is 0 Å². The minimum Gasteiger partial charge on any atom is -0.303 e. The quantitative estimate of drug-likeness (QED) is 0.641. The van der Waals surface area contributed by atoms with Gasteiger partial charge in [0, 0.05) is 18.9 Å². The third-order valence-electron chi connectivity index (χ3n) is 2.76. The molecule has 1 atom stereocenters. The molecule has 1 unspecified atom stereocenters. The molecule has 0 aromatic heterocycles. The summed E-state index contributed by atoms with van der Waals surface area (Å²) < 4.78 is 0. The Bertz CT molecular complexity index is 156. The highest BCUT2D eigenvalue weighted by Gasteiger charge is 2.23. The highest BCUT2D eigenvalue weighted by Crippen LogP contribution is 2.17. The molecular formula is C10H19NO. The first-order chi connectivity index (χ1) is 5.77. The molecule has 0 bridgehead atoms. The molecule has 0 N–H and O–H groups in total. The molecule has 2 heteroatoms. The van der Waals surface area contributed by atoms with Crippen LogP contribution in [0.5, 0.6) is 0 Å². The monoisotopic (exact) mass is 169 g/mol. The zero-order valence-corrected chi connectivity index (χ0v) is 8.18. The zero-order chi connectivity index (χ0) is 8.97. The number of rotatable bonds is 3. The molecular weight excluding hydrogens is 150 g/mol. The lowest BCUT2D eigenvalue weighted by Crippen LogP contribution is -2.38. The van der Waals surface area contributed by atoms with Crippen molar-refractivity contribution in [2.45, 2.75) is 33.1 Å². The summed E-state index contributed by atoms with van der Waals surface area (Å²) in [5.41, 5.74) is 0. The second-order valence-electron chi connectivity index (χ2n) is 3.55. The van der Waals surface area contributed by atoms with Crippen LogP contribution in [0.15, 0.2) is 0 Å². The van der Waals surface area contributed by atoms with Crippen LogP contribution in [0.3, 0.4) is 0 Å². The normalized spacial score (nSPS) is 25.7. The van der Waals surface area contributed by atoms with Crippen molar-refractivity contribution < 1.29 is 4.79 Å². The zero-order valence-electron chi connectivity index (χ0n) is 8.18. The molecule has 1 aliphatic heterocycles. The molecule has 70 valence electrons. The topological polar surface area (TPSA) is 20.3 Å². The molecule has 12 heavy (non-hydrogen) atoms. The van der Waals surface area contributed by atoms with Crippen LogP contribution in [-0.2, 0) is 4.79 Å². The van der Waals surface area contributed by atoms with Crippen LogP contribution in [-0.4, -0.2) is 30.3 Å². The van der Waals surface area contributed by atoms with Crippen molar-refractivity contribution in [1.82, 2.24) is 4.90 Å². The summed E-state index contributed by atoms with van der Waals surface area (Å²) in [4.78, 5) is 13.8. The number of carbonyl (C=O) groups is 1. The number of hydrogen-bond acceptors (Lipinski definition) is 2. The molecule has 1 heterocycles. The number of carbonyl (C=O) groups excluding carboxylic acids is 1. The van der Waals surface area contributed by atoms with Gasteiger partial charge in [-0.3, -0.25) is 4.79 Å².